The van der Waals surface area contributed by atoms with Crippen molar-refractivity contribution < 1.29 is 9.84 Å². The van der Waals surface area contributed by atoms with Crippen LogP contribution >= 0.6 is 0 Å². The van der Waals surface area contributed by atoms with E-state index in [1.165, 1.54) is 6.42 Å². The van der Waals surface area contributed by atoms with Crippen LogP contribution in [0.5, 0.6) is 0 Å². The normalized spacial score (nSPS) is 20.0. The summed E-state index contributed by atoms with van der Waals surface area (Å²) in [7, 11) is 0. The summed E-state index contributed by atoms with van der Waals surface area (Å²) in [4.78, 5) is 2.44. The summed E-state index contributed by atoms with van der Waals surface area (Å²) >= 11 is 0. The van der Waals surface area contributed by atoms with Gasteiger partial charge in [-0.3, -0.25) is 4.90 Å². The van der Waals surface area contributed by atoms with Gasteiger partial charge in [-0.25, -0.2) is 0 Å². The summed E-state index contributed by atoms with van der Waals surface area (Å²) in [6.07, 6.45) is 5.25. The fraction of sp³-hybridized carbons (Fsp3) is 1.00. The highest BCUT2D eigenvalue weighted by Gasteiger charge is 2.13. The summed E-state index contributed by atoms with van der Waals surface area (Å²) in [6, 6.07) is 0. The lowest BCUT2D eigenvalue weighted by molar-refractivity contribution is 0.0349. The SMILES string of the molecule is CC(C)(C)CCC[C@H](O)CCCN1CCOCC1. The Hall–Kier alpha value is -0.120. The van der Waals surface area contributed by atoms with Crippen molar-refractivity contribution in [1.82, 2.24) is 4.90 Å². The maximum Gasteiger partial charge on any atom is 0.0594 e. The minimum Gasteiger partial charge on any atom is -0.393 e. The Balaban J connectivity index is 1.97. The molecule has 0 aromatic rings. The fourth-order valence-electron chi connectivity index (χ4n) is 2.39. The van der Waals surface area contributed by atoms with Crippen LogP contribution in [0.2, 0.25) is 0 Å². The van der Waals surface area contributed by atoms with Gasteiger partial charge in [0.2, 0.25) is 0 Å². The van der Waals surface area contributed by atoms with Crippen molar-refractivity contribution in [3.63, 3.8) is 0 Å². The van der Waals surface area contributed by atoms with Crippen LogP contribution in [0.25, 0.3) is 0 Å². The summed E-state index contributed by atoms with van der Waals surface area (Å²) in [5.74, 6) is 0. The molecule has 0 aromatic carbocycles. The van der Waals surface area contributed by atoms with Crippen molar-refractivity contribution in [2.45, 2.75) is 59.0 Å². The van der Waals surface area contributed by atoms with Gasteiger partial charge in [-0.15, -0.1) is 0 Å². The Morgan fingerprint density at radius 1 is 1.11 bits per heavy atom. The highest BCUT2D eigenvalue weighted by atomic mass is 16.5. The first-order chi connectivity index (χ1) is 8.47. The molecule has 1 heterocycles. The second kappa shape index (κ2) is 8.13. The van der Waals surface area contributed by atoms with Gasteiger partial charge in [-0.1, -0.05) is 27.2 Å². The number of aliphatic hydroxyl groups excluding tert-OH is 1. The van der Waals surface area contributed by atoms with Crippen molar-refractivity contribution in [2.24, 2.45) is 5.41 Å². The third kappa shape index (κ3) is 8.06. The van der Waals surface area contributed by atoms with Crippen LogP contribution in [0.15, 0.2) is 0 Å². The number of hydrogen-bond acceptors (Lipinski definition) is 3. The third-order valence-corrected chi connectivity index (χ3v) is 3.58. The molecule has 1 aliphatic rings. The monoisotopic (exact) mass is 257 g/mol. The predicted molar refractivity (Wildman–Crippen MR) is 75.8 cm³/mol. The molecule has 0 radical (unpaired) electrons. The van der Waals surface area contributed by atoms with E-state index in [0.717, 1.165) is 58.5 Å². The molecule has 3 nitrogen and oxygen atoms in total. The average Bonchev–Trinajstić information content (AvgIpc) is 2.28. The van der Waals surface area contributed by atoms with Crippen LogP contribution in [-0.2, 0) is 4.74 Å². The molecule has 3 heteroatoms. The smallest absolute Gasteiger partial charge is 0.0594 e. The highest BCUT2D eigenvalue weighted by Crippen LogP contribution is 2.22. The van der Waals surface area contributed by atoms with Gasteiger partial charge in [0.1, 0.15) is 0 Å². The van der Waals surface area contributed by atoms with Crippen LogP contribution in [0.3, 0.4) is 0 Å². The van der Waals surface area contributed by atoms with E-state index < -0.39 is 0 Å². The van der Waals surface area contributed by atoms with Gasteiger partial charge in [-0.2, -0.15) is 0 Å². The van der Waals surface area contributed by atoms with Gasteiger partial charge in [0, 0.05) is 13.1 Å². The summed E-state index contributed by atoms with van der Waals surface area (Å²) in [5, 5.41) is 9.93. The van der Waals surface area contributed by atoms with Gasteiger partial charge in [0.05, 0.1) is 19.3 Å². The zero-order chi connectivity index (χ0) is 13.4. The van der Waals surface area contributed by atoms with E-state index in [4.69, 9.17) is 4.74 Å². The molecule has 0 unspecified atom stereocenters. The molecule has 1 aliphatic heterocycles. The van der Waals surface area contributed by atoms with Crippen LogP contribution in [-0.4, -0.2) is 49.0 Å². The Bertz CT molecular complexity index is 207. The van der Waals surface area contributed by atoms with Crippen LogP contribution in [0, 0.1) is 5.41 Å². The molecule has 0 bridgehead atoms. The van der Waals surface area contributed by atoms with E-state index in [1.54, 1.807) is 0 Å². The third-order valence-electron chi connectivity index (χ3n) is 3.58. The number of ether oxygens (including phenoxy) is 1. The second-order valence-corrected chi connectivity index (χ2v) is 6.70. The molecule has 1 atom stereocenters. The minimum atomic E-state index is -0.103. The maximum absolute atomic E-state index is 9.93. The Kier molecular flexibility index (Phi) is 7.20. The molecular formula is C15H31NO2. The molecule has 0 aliphatic carbocycles. The molecule has 18 heavy (non-hydrogen) atoms. The van der Waals surface area contributed by atoms with E-state index in [2.05, 4.69) is 25.7 Å². The number of morpholine rings is 1. The van der Waals surface area contributed by atoms with Gasteiger partial charge in [-0.05, 0) is 37.6 Å². The molecule has 0 aromatic heterocycles. The summed E-state index contributed by atoms with van der Waals surface area (Å²) in [5.41, 5.74) is 0.396. The molecule has 0 amide bonds. The van der Waals surface area contributed by atoms with Crippen LogP contribution in [0.4, 0.5) is 0 Å². The molecule has 1 fully saturated rings. The summed E-state index contributed by atoms with van der Waals surface area (Å²) < 4.78 is 5.32. The van der Waals surface area contributed by atoms with Gasteiger partial charge in [0.15, 0.2) is 0 Å². The molecule has 108 valence electrons. The van der Waals surface area contributed by atoms with E-state index in [0.29, 0.717) is 5.41 Å². The Labute approximate surface area is 113 Å². The first kappa shape index (κ1) is 15.9. The van der Waals surface area contributed by atoms with Crippen molar-refractivity contribution in [2.75, 3.05) is 32.8 Å². The zero-order valence-electron chi connectivity index (χ0n) is 12.5. The molecule has 1 saturated heterocycles. The Morgan fingerprint density at radius 2 is 1.72 bits per heavy atom. The second-order valence-electron chi connectivity index (χ2n) is 6.70. The largest absolute Gasteiger partial charge is 0.393 e. The number of aliphatic hydroxyl groups is 1. The van der Waals surface area contributed by atoms with Crippen molar-refractivity contribution in [3.05, 3.63) is 0 Å². The lowest BCUT2D eigenvalue weighted by atomic mass is 9.89. The lowest BCUT2D eigenvalue weighted by Gasteiger charge is -2.26. The first-order valence-electron chi connectivity index (χ1n) is 7.45. The molecule has 1 rings (SSSR count). The first-order valence-corrected chi connectivity index (χ1v) is 7.45. The van der Waals surface area contributed by atoms with E-state index in [9.17, 15) is 5.11 Å². The van der Waals surface area contributed by atoms with Crippen molar-refractivity contribution in [3.8, 4) is 0 Å². The van der Waals surface area contributed by atoms with E-state index in [-0.39, 0.29) is 6.10 Å². The minimum absolute atomic E-state index is 0.103. The highest BCUT2D eigenvalue weighted by molar-refractivity contribution is 4.66. The number of hydrogen-bond donors (Lipinski definition) is 1. The maximum atomic E-state index is 9.93. The summed E-state index contributed by atoms with van der Waals surface area (Å²) in [6.45, 7) is 11.7. The fourth-order valence-corrected chi connectivity index (χ4v) is 2.39. The van der Waals surface area contributed by atoms with E-state index in [1.807, 2.05) is 0 Å². The van der Waals surface area contributed by atoms with Gasteiger partial charge >= 0.3 is 0 Å². The number of rotatable bonds is 7. The zero-order valence-corrected chi connectivity index (χ0v) is 12.5. The molecular weight excluding hydrogens is 226 g/mol. The van der Waals surface area contributed by atoms with Crippen LogP contribution in [0.1, 0.15) is 52.9 Å². The Morgan fingerprint density at radius 3 is 2.33 bits per heavy atom. The predicted octanol–water partition coefficient (Wildman–Crippen LogP) is 2.68. The lowest BCUT2D eigenvalue weighted by Crippen LogP contribution is -2.37. The average molecular weight is 257 g/mol. The van der Waals surface area contributed by atoms with Crippen molar-refractivity contribution in [1.29, 1.82) is 0 Å². The standard InChI is InChI=1S/C15H31NO2/c1-15(2,3)8-4-6-14(17)7-5-9-16-10-12-18-13-11-16/h14,17H,4-13H2,1-3H3/t14-/m0/s1. The molecule has 0 spiro atoms. The van der Waals surface area contributed by atoms with Gasteiger partial charge in [0.25, 0.3) is 0 Å². The topological polar surface area (TPSA) is 32.7 Å². The van der Waals surface area contributed by atoms with Crippen molar-refractivity contribution >= 4 is 0 Å². The quantitative estimate of drug-likeness (QED) is 0.761. The van der Waals surface area contributed by atoms with E-state index >= 15 is 0 Å². The van der Waals surface area contributed by atoms with Crippen LogP contribution < -0.4 is 0 Å². The molecule has 0 saturated carbocycles. The molecule has 1 N–H and O–H groups in total. The number of nitrogens with zero attached hydrogens (tertiary/aromatic N) is 1. The van der Waals surface area contributed by atoms with Gasteiger partial charge < -0.3 is 9.84 Å².